The molecule has 51 heavy (non-hydrogen) atoms. The van der Waals surface area contributed by atoms with Gasteiger partial charge in [-0.05, 0) is 85.4 Å². The highest BCUT2D eigenvalue weighted by atomic mass is 16.6. The molecule has 0 saturated carbocycles. The van der Waals surface area contributed by atoms with E-state index in [1.807, 2.05) is 81.4 Å². The average molecular weight is 702 g/mol. The summed E-state index contributed by atoms with van der Waals surface area (Å²) in [5.41, 5.74) is -0.454. The molecule has 0 aliphatic carbocycles. The van der Waals surface area contributed by atoms with Crippen LogP contribution >= 0.6 is 0 Å². The first-order valence-corrected chi connectivity index (χ1v) is 17.4. The number of benzene rings is 3. The van der Waals surface area contributed by atoms with Crippen LogP contribution in [0.3, 0.4) is 0 Å². The van der Waals surface area contributed by atoms with Crippen molar-refractivity contribution in [2.24, 2.45) is 0 Å². The quantitative estimate of drug-likeness (QED) is 0.164. The number of hydrogen-bond donors (Lipinski definition) is 3. The maximum Gasteiger partial charge on any atom is 0.408 e. The Hall–Kier alpha value is -4.86. The summed E-state index contributed by atoms with van der Waals surface area (Å²) < 4.78 is 11.3. The van der Waals surface area contributed by atoms with Gasteiger partial charge in [0, 0.05) is 23.9 Å². The molecule has 10 heteroatoms. The third-order valence-electron chi connectivity index (χ3n) is 8.39. The van der Waals surface area contributed by atoms with Crippen LogP contribution in [0.2, 0.25) is 0 Å². The van der Waals surface area contributed by atoms with E-state index in [9.17, 15) is 19.5 Å². The number of phenols is 1. The van der Waals surface area contributed by atoms with Crippen molar-refractivity contribution >= 4 is 23.9 Å². The van der Waals surface area contributed by atoms with Crippen molar-refractivity contribution in [2.45, 2.75) is 123 Å². The van der Waals surface area contributed by atoms with Gasteiger partial charge in [0.05, 0.1) is 0 Å². The van der Waals surface area contributed by atoms with E-state index in [0.717, 1.165) is 11.1 Å². The number of alkyl carbamates (subject to hydrolysis) is 1. The summed E-state index contributed by atoms with van der Waals surface area (Å²) in [5, 5.41) is 17.1. The summed E-state index contributed by atoms with van der Waals surface area (Å²) in [7, 11) is 0. The van der Waals surface area contributed by atoms with E-state index in [4.69, 9.17) is 9.47 Å². The van der Waals surface area contributed by atoms with Crippen molar-refractivity contribution in [3.05, 3.63) is 101 Å². The second kappa shape index (κ2) is 16.9. The number of amides is 3. The fourth-order valence-electron chi connectivity index (χ4n) is 5.58. The maximum atomic E-state index is 15.1. The van der Waals surface area contributed by atoms with Gasteiger partial charge >= 0.3 is 12.1 Å². The highest BCUT2D eigenvalue weighted by molar-refractivity contribution is 5.95. The van der Waals surface area contributed by atoms with E-state index < -0.39 is 58.7 Å². The van der Waals surface area contributed by atoms with Gasteiger partial charge in [-0.15, -0.1) is 0 Å². The lowest BCUT2D eigenvalue weighted by molar-refractivity contribution is -0.159. The number of esters is 1. The fourth-order valence-corrected chi connectivity index (χ4v) is 5.58. The van der Waals surface area contributed by atoms with Gasteiger partial charge < -0.3 is 30.1 Å². The highest BCUT2D eigenvalue weighted by Gasteiger charge is 2.45. The lowest BCUT2D eigenvalue weighted by Crippen LogP contribution is -2.60. The molecule has 0 aliphatic heterocycles. The third kappa shape index (κ3) is 11.9. The van der Waals surface area contributed by atoms with Crippen molar-refractivity contribution in [3.8, 4) is 5.75 Å². The van der Waals surface area contributed by atoms with Crippen LogP contribution in [0.1, 0.15) is 97.0 Å². The Morgan fingerprint density at radius 3 is 1.71 bits per heavy atom. The second-order valence-electron chi connectivity index (χ2n) is 15.5. The molecule has 0 saturated heterocycles. The van der Waals surface area contributed by atoms with E-state index in [1.165, 1.54) is 4.90 Å². The Balaban J connectivity index is 2.21. The van der Waals surface area contributed by atoms with Crippen molar-refractivity contribution in [2.75, 3.05) is 0 Å². The summed E-state index contributed by atoms with van der Waals surface area (Å²) in [4.78, 5) is 58.2. The first-order valence-electron chi connectivity index (χ1n) is 17.4. The van der Waals surface area contributed by atoms with Crippen molar-refractivity contribution in [3.63, 3.8) is 0 Å². The summed E-state index contributed by atoms with van der Waals surface area (Å²) in [5.74, 6) is -2.09. The SMILES string of the molecule is CCC(C)(C)N(C(=O)C(Cc1ccccc1)NC(=O)OC(C)(C)C)C(C(=O)NC(Cc1ccccc1)C(=O)OC(C)(C)C)c1cccc(C)c1O. The molecule has 3 aromatic rings. The minimum Gasteiger partial charge on any atom is -0.507 e. The third-order valence-corrected chi connectivity index (χ3v) is 8.39. The monoisotopic (exact) mass is 701 g/mol. The number of para-hydroxylation sites is 1. The zero-order chi connectivity index (χ0) is 38.1. The van der Waals surface area contributed by atoms with E-state index in [1.54, 1.807) is 66.7 Å². The predicted molar refractivity (Wildman–Crippen MR) is 198 cm³/mol. The standard InChI is InChI=1S/C41H55N3O7/c1-11-41(9,10)44(36(47)31(25-28-20-14-12-15-21-28)43-38(49)51-40(6,7)8)33(30-24-18-19-27(2)34(30)45)35(46)42-32(37(48)50-39(3,4)5)26-29-22-16-13-17-23-29/h12-24,31-33,45H,11,25-26H2,1-10H3,(H,42,46)(H,43,49). The summed E-state index contributed by atoms with van der Waals surface area (Å²) in [6.07, 6.45) is -0.175. The number of aryl methyl sites for hydroxylation is 1. The number of phenolic OH excluding ortho intramolecular Hbond substituents is 1. The van der Waals surface area contributed by atoms with Crippen LogP contribution in [0, 0.1) is 6.92 Å². The van der Waals surface area contributed by atoms with Crippen LogP contribution in [0.4, 0.5) is 4.79 Å². The molecule has 3 unspecified atom stereocenters. The van der Waals surface area contributed by atoms with Crippen molar-refractivity contribution in [1.29, 1.82) is 0 Å². The summed E-state index contributed by atoms with van der Waals surface area (Å²) in [6.45, 7) is 17.6. The molecule has 3 rings (SSSR count). The van der Waals surface area contributed by atoms with Gasteiger partial charge in [-0.2, -0.15) is 0 Å². The first kappa shape index (κ1) is 40.6. The highest BCUT2D eigenvalue weighted by Crippen LogP contribution is 2.37. The van der Waals surface area contributed by atoms with Gasteiger partial charge in [0.15, 0.2) is 0 Å². The molecular formula is C41H55N3O7. The van der Waals surface area contributed by atoms with Gasteiger partial charge in [0.1, 0.15) is 35.1 Å². The Bertz CT molecular complexity index is 1640. The second-order valence-corrected chi connectivity index (χ2v) is 15.5. The molecule has 0 aromatic heterocycles. The number of nitrogens with one attached hydrogen (secondary N) is 2. The number of hydrogen-bond acceptors (Lipinski definition) is 7. The van der Waals surface area contributed by atoms with E-state index in [2.05, 4.69) is 10.6 Å². The molecule has 3 amide bonds. The summed E-state index contributed by atoms with van der Waals surface area (Å²) in [6, 6.07) is 19.7. The zero-order valence-corrected chi connectivity index (χ0v) is 31.7. The number of aromatic hydroxyl groups is 1. The molecule has 0 fully saturated rings. The van der Waals surface area contributed by atoms with Gasteiger partial charge in [-0.1, -0.05) is 85.8 Å². The molecule has 0 heterocycles. The molecule has 0 spiro atoms. The normalized spacial score (nSPS) is 13.7. The molecular weight excluding hydrogens is 646 g/mol. The van der Waals surface area contributed by atoms with Gasteiger partial charge in [0.2, 0.25) is 11.8 Å². The smallest absolute Gasteiger partial charge is 0.408 e. The van der Waals surface area contributed by atoms with Crippen LogP contribution in [0.15, 0.2) is 78.9 Å². The Labute approximate surface area is 302 Å². The van der Waals surface area contributed by atoms with Crippen molar-refractivity contribution in [1.82, 2.24) is 15.5 Å². The fraction of sp³-hybridized carbons (Fsp3) is 0.463. The van der Waals surface area contributed by atoms with E-state index in [0.29, 0.717) is 12.0 Å². The molecule has 0 bridgehead atoms. The number of carbonyl (C=O) groups is 4. The molecule has 3 N–H and O–H groups in total. The topological polar surface area (TPSA) is 134 Å². The predicted octanol–water partition coefficient (Wildman–Crippen LogP) is 6.96. The zero-order valence-electron chi connectivity index (χ0n) is 31.7. The molecule has 0 aliphatic rings. The van der Waals surface area contributed by atoms with E-state index in [-0.39, 0.29) is 24.2 Å². The van der Waals surface area contributed by atoms with Crippen LogP contribution < -0.4 is 10.6 Å². The largest absolute Gasteiger partial charge is 0.507 e. The number of nitrogens with zero attached hydrogens (tertiary/aromatic N) is 1. The molecule has 276 valence electrons. The van der Waals surface area contributed by atoms with Crippen LogP contribution in [-0.2, 0) is 36.7 Å². The number of ether oxygens (including phenoxy) is 2. The lowest BCUT2D eigenvalue weighted by atomic mass is 9.90. The van der Waals surface area contributed by atoms with Crippen LogP contribution in [0.25, 0.3) is 0 Å². The molecule has 3 atom stereocenters. The Morgan fingerprint density at radius 2 is 1.22 bits per heavy atom. The Morgan fingerprint density at radius 1 is 0.706 bits per heavy atom. The minimum absolute atomic E-state index is 0.0951. The lowest BCUT2D eigenvalue weighted by Gasteiger charge is -2.45. The summed E-state index contributed by atoms with van der Waals surface area (Å²) >= 11 is 0. The number of carbonyl (C=O) groups excluding carboxylic acids is 4. The van der Waals surface area contributed by atoms with Gasteiger partial charge in [0.25, 0.3) is 0 Å². The van der Waals surface area contributed by atoms with Crippen LogP contribution in [-0.4, -0.2) is 62.7 Å². The van der Waals surface area contributed by atoms with Gasteiger partial charge in [-0.25, -0.2) is 9.59 Å². The number of rotatable bonds is 13. The van der Waals surface area contributed by atoms with E-state index >= 15 is 4.79 Å². The average Bonchev–Trinajstić information content (AvgIpc) is 3.03. The van der Waals surface area contributed by atoms with Crippen LogP contribution in [0.5, 0.6) is 5.75 Å². The van der Waals surface area contributed by atoms with Crippen molar-refractivity contribution < 1.29 is 33.8 Å². The molecule has 3 aromatic carbocycles. The first-order chi connectivity index (χ1) is 23.7. The molecule has 10 nitrogen and oxygen atoms in total. The molecule has 0 radical (unpaired) electrons. The minimum atomic E-state index is -1.42. The maximum absolute atomic E-state index is 15.1. The van der Waals surface area contributed by atoms with Gasteiger partial charge in [-0.3, -0.25) is 9.59 Å². The Kier molecular flexibility index (Phi) is 13.4.